The molecule has 1 aromatic rings. The summed E-state index contributed by atoms with van der Waals surface area (Å²) in [6.07, 6.45) is 3.83. The number of quaternary nitrogens is 1. The smallest absolute Gasteiger partial charge is 0.279 e. The van der Waals surface area contributed by atoms with E-state index < -0.39 is 0 Å². The van der Waals surface area contributed by atoms with Crippen LogP contribution in [0.5, 0.6) is 0 Å². The van der Waals surface area contributed by atoms with Crippen molar-refractivity contribution < 1.29 is 9.69 Å². The second-order valence-electron chi connectivity index (χ2n) is 5.81. The van der Waals surface area contributed by atoms with Gasteiger partial charge >= 0.3 is 0 Å². The largest absolute Gasteiger partial charge is 0.327 e. The molecule has 1 aliphatic rings. The van der Waals surface area contributed by atoms with Crippen LogP contribution in [0.3, 0.4) is 0 Å². The normalized spacial score (nSPS) is 16.6. The molecule has 2 N–H and O–H groups in total. The Morgan fingerprint density at radius 2 is 1.79 bits per heavy atom. The van der Waals surface area contributed by atoms with Gasteiger partial charge in [0.15, 0.2) is 6.54 Å². The van der Waals surface area contributed by atoms with Gasteiger partial charge in [-0.05, 0) is 42.9 Å². The van der Waals surface area contributed by atoms with Crippen LogP contribution in [0.25, 0.3) is 0 Å². The molecular formula is C16H25N2O+. The standard InChI is InChI=1S/C16H24N2O/c1-13(2)14-6-8-15(9-7-14)17-16(19)12-18-10-4-3-5-11-18/h6-9,13H,3-5,10-12H2,1-2H3,(H,17,19)/p+1. The van der Waals surface area contributed by atoms with Crippen LogP contribution in [0, 0.1) is 0 Å². The molecule has 19 heavy (non-hydrogen) atoms. The first-order valence-electron chi connectivity index (χ1n) is 7.38. The summed E-state index contributed by atoms with van der Waals surface area (Å²) >= 11 is 0. The molecule has 0 spiro atoms. The molecule has 0 saturated carbocycles. The van der Waals surface area contributed by atoms with E-state index in [2.05, 4.69) is 31.3 Å². The number of anilines is 1. The van der Waals surface area contributed by atoms with Crippen molar-refractivity contribution in [3.8, 4) is 0 Å². The fourth-order valence-electron chi connectivity index (χ4n) is 2.61. The molecule has 104 valence electrons. The summed E-state index contributed by atoms with van der Waals surface area (Å²) in [5.74, 6) is 0.664. The average Bonchev–Trinajstić information content (AvgIpc) is 2.40. The van der Waals surface area contributed by atoms with Crippen LogP contribution >= 0.6 is 0 Å². The zero-order valence-corrected chi connectivity index (χ0v) is 12.0. The third-order valence-electron chi connectivity index (χ3n) is 3.83. The quantitative estimate of drug-likeness (QED) is 0.851. The molecule has 1 aliphatic heterocycles. The molecule has 1 aromatic carbocycles. The highest BCUT2D eigenvalue weighted by molar-refractivity contribution is 5.91. The number of likely N-dealkylation sites (tertiary alicyclic amines) is 1. The highest BCUT2D eigenvalue weighted by atomic mass is 16.2. The summed E-state index contributed by atoms with van der Waals surface area (Å²) in [6.45, 7) is 7.23. The number of carbonyl (C=O) groups excluding carboxylic acids is 1. The zero-order chi connectivity index (χ0) is 13.7. The average molecular weight is 261 g/mol. The fraction of sp³-hybridized carbons (Fsp3) is 0.562. The van der Waals surface area contributed by atoms with E-state index in [1.165, 1.54) is 29.7 Å². The number of nitrogens with one attached hydrogen (secondary N) is 2. The van der Waals surface area contributed by atoms with Crippen molar-refractivity contribution in [1.82, 2.24) is 0 Å². The lowest BCUT2D eigenvalue weighted by Gasteiger charge is -2.22. The fourth-order valence-corrected chi connectivity index (χ4v) is 2.61. The monoisotopic (exact) mass is 261 g/mol. The first-order chi connectivity index (χ1) is 9.15. The number of hydrogen-bond acceptors (Lipinski definition) is 1. The van der Waals surface area contributed by atoms with Crippen molar-refractivity contribution in [2.24, 2.45) is 0 Å². The maximum Gasteiger partial charge on any atom is 0.279 e. The van der Waals surface area contributed by atoms with Gasteiger partial charge in [0.05, 0.1) is 13.1 Å². The second-order valence-corrected chi connectivity index (χ2v) is 5.81. The topological polar surface area (TPSA) is 33.5 Å². The van der Waals surface area contributed by atoms with Crippen LogP contribution in [-0.2, 0) is 4.79 Å². The predicted octanol–water partition coefficient (Wildman–Crippen LogP) is 1.82. The summed E-state index contributed by atoms with van der Waals surface area (Å²) in [5, 5.41) is 3.00. The Labute approximate surface area is 116 Å². The molecule has 1 fully saturated rings. The van der Waals surface area contributed by atoms with Crippen LogP contribution in [0.1, 0.15) is 44.6 Å². The molecule has 0 aromatic heterocycles. The SMILES string of the molecule is CC(C)c1ccc(NC(=O)C[NH+]2CCCCC2)cc1. The minimum absolute atomic E-state index is 0.134. The number of benzene rings is 1. The highest BCUT2D eigenvalue weighted by Gasteiger charge is 2.17. The first-order valence-corrected chi connectivity index (χ1v) is 7.38. The van der Waals surface area contributed by atoms with Crippen LogP contribution in [0.15, 0.2) is 24.3 Å². The lowest BCUT2D eigenvalue weighted by molar-refractivity contribution is -0.896. The van der Waals surface area contributed by atoms with E-state index in [9.17, 15) is 4.79 Å². The van der Waals surface area contributed by atoms with E-state index in [0.29, 0.717) is 12.5 Å². The minimum atomic E-state index is 0.134. The van der Waals surface area contributed by atoms with E-state index in [-0.39, 0.29) is 5.91 Å². The molecule has 2 rings (SSSR count). The Kier molecular flexibility index (Phi) is 4.97. The van der Waals surface area contributed by atoms with Crippen molar-refractivity contribution >= 4 is 11.6 Å². The van der Waals surface area contributed by atoms with Gasteiger partial charge in [-0.1, -0.05) is 26.0 Å². The summed E-state index contributed by atoms with van der Waals surface area (Å²) in [7, 11) is 0. The number of piperidine rings is 1. The summed E-state index contributed by atoms with van der Waals surface area (Å²) in [6, 6.07) is 8.18. The lowest BCUT2D eigenvalue weighted by atomic mass is 10.0. The van der Waals surface area contributed by atoms with E-state index in [0.717, 1.165) is 18.8 Å². The van der Waals surface area contributed by atoms with Gasteiger partial charge in [0, 0.05) is 5.69 Å². The highest BCUT2D eigenvalue weighted by Crippen LogP contribution is 2.16. The summed E-state index contributed by atoms with van der Waals surface area (Å²) in [4.78, 5) is 13.4. The second kappa shape index (κ2) is 6.71. The van der Waals surface area contributed by atoms with Gasteiger partial charge in [-0.3, -0.25) is 4.79 Å². The third-order valence-corrected chi connectivity index (χ3v) is 3.83. The van der Waals surface area contributed by atoms with Gasteiger partial charge in [-0.25, -0.2) is 0 Å². The number of hydrogen-bond donors (Lipinski definition) is 2. The van der Waals surface area contributed by atoms with E-state index >= 15 is 0 Å². The first kappa shape index (κ1) is 14.1. The van der Waals surface area contributed by atoms with Gasteiger partial charge in [0.25, 0.3) is 5.91 Å². The van der Waals surface area contributed by atoms with Crippen LogP contribution in [0.2, 0.25) is 0 Å². The Morgan fingerprint density at radius 3 is 2.37 bits per heavy atom. The number of rotatable bonds is 4. The van der Waals surface area contributed by atoms with Crippen molar-refractivity contribution in [2.45, 2.75) is 39.0 Å². The molecular weight excluding hydrogens is 236 g/mol. The zero-order valence-electron chi connectivity index (χ0n) is 12.0. The van der Waals surface area contributed by atoms with Crippen LogP contribution < -0.4 is 10.2 Å². The number of amides is 1. The van der Waals surface area contributed by atoms with Gasteiger partial charge in [-0.2, -0.15) is 0 Å². The molecule has 0 atom stereocenters. The molecule has 0 bridgehead atoms. The summed E-state index contributed by atoms with van der Waals surface area (Å²) < 4.78 is 0. The maximum absolute atomic E-state index is 12.0. The minimum Gasteiger partial charge on any atom is -0.327 e. The molecule has 1 amide bonds. The lowest BCUT2D eigenvalue weighted by Crippen LogP contribution is -3.13. The predicted molar refractivity (Wildman–Crippen MR) is 78.6 cm³/mol. The van der Waals surface area contributed by atoms with Crippen molar-refractivity contribution in [3.63, 3.8) is 0 Å². The van der Waals surface area contributed by atoms with Crippen LogP contribution in [-0.4, -0.2) is 25.5 Å². The Balaban J connectivity index is 1.84. The van der Waals surface area contributed by atoms with Crippen LogP contribution in [0.4, 0.5) is 5.69 Å². The Bertz CT molecular complexity index is 405. The van der Waals surface area contributed by atoms with E-state index in [1.54, 1.807) is 0 Å². The van der Waals surface area contributed by atoms with Gasteiger partial charge in [-0.15, -0.1) is 0 Å². The molecule has 0 radical (unpaired) electrons. The van der Waals surface area contributed by atoms with Gasteiger partial charge in [0.1, 0.15) is 0 Å². The van der Waals surface area contributed by atoms with Gasteiger partial charge in [0.2, 0.25) is 0 Å². The van der Waals surface area contributed by atoms with Crippen molar-refractivity contribution in [2.75, 3.05) is 25.0 Å². The van der Waals surface area contributed by atoms with Crippen molar-refractivity contribution in [1.29, 1.82) is 0 Å². The maximum atomic E-state index is 12.0. The third kappa shape index (κ3) is 4.35. The molecule has 1 saturated heterocycles. The molecule has 0 aliphatic carbocycles. The molecule has 0 unspecified atom stereocenters. The summed E-state index contributed by atoms with van der Waals surface area (Å²) in [5.41, 5.74) is 2.21. The Hall–Kier alpha value is -1.35. The molecule has 3 heteroatoms. The van der Waals surface area contributed by atoms with Crippen molar-refractivity contribution in [3.05, 3.63) is 29.8 Å². The Morgan fingerprint density at radius 1 is 1.16 bits per heavy atom. The number of carbonyl (C=O) groups is 1. The van der Waals surface area contributed by atoms with E-state index in [1.807, 2.05) is 12.1 Å². The molecule has 3 nitrogen and oxygen atoms in total. The molecule has 1 heterocycles. The van der Waals surface area contributed by atoms with Gasteiger partial charge < -0.3 is 10.2 Å². The van der Waals surface area contributed by atoms with E-state index in [4.69, 9.17) is 0 Å².